The molecule has 1 unspecified atom stereocenters. The average molecular weight is 659 g/mol. The highest BCUT2D eigenvalue weighted by Crippen LogP contribution is 2.68. The molecule has 2 aromatic carbocycles. The fraction of sp³-hybridized carbons (Fsp3) is 0.258. The van der Waals surface area contributed by atoms with E-state index in [1.54, 1.807) is 0 Å². The third-order valence-corrected chi connectivity index (χ3v) is 8.45. The predicted molar refractivity (Wildman–Crippen MR) is 149 cm³/mol. The molecule has 0 saturated heterocycles. The van der Waals surface area contributed by atoms with Crippen LogP contribution in [-0.4, -0.2) is 41.9 Å². The highest BCUT2D eigenvalue weighted by molar-refractivity contribution is 5.91. The summed E-state index contributed by atoms with van der Waals surface area (Å²) in [6, 6.07) is 6.07. The van der Waals surface area contributed by atoms with Crippen LogP contribution in [0, 0.1) is 23.4 Å². The maximum atomic E-state index is 15.1. The number of aromatic amines is 1. The summed E-state index contributed by atoms with van der Waals surface area (Å²) >= 11 is 0. The fourth-order valence-corrected chi connectivity index (χ4v) is 6.38. The summed E-state index contributed by atoms with van der Waals surface area (Å²) < 4.78 is 101. The number of alkyl halides is 4. The molecule has 5 aromatic rings. The molecule has 0 aliphatic heterocycles. The van der Waals surface area contributed by atoms with Gasteiger partial charge in [-0.3, -0.25) is 14.6 Å². The van der Waals surface area contributed by atoms with E-state index in [1.807, 2.05) is 0 Å². The topological polar surface area (TPSA) is 126 Å². The third-order valence-electron chi connectivity index (χ3n) is 8.45. The summed E-state index contributed by atoms with van der Waals surface area (Å²) in [5, 5.41) is 22.4. The molecule has 0 bridgehead atoms. The van der Waals surface area contributed by atoms with Crippen LogP contribution in [0.15, 0.2) is 48.7 Å². The highest BCUT2D eigenvalue weighted by Gasteiger charge is 2.67. The molecule has 3 atom stereocenters. The number of halogens is 7. The van der Waals surface area contributed by atoms with Crippen molar-refractivity contribution in [3.63, 3.8) is 0 Å². The molecule has 2 aliphatic carbocycles. The van der Waals surface area contributed by atoms with Gasteiger partial charge in [-0.15, -0.1) is 0 Å². The van der Waals surface area contributed by atoms with E-state index in [0.29, 0.717) is 16.3 Å². The maximum absolute atomic E-state index is 15.1. The number of aromatic carboxylic acids is 1. The molecule has 0 radical (unpaired) electrons. The molecular weight excluding hydrogens is 637 g/mol. The number of nitrogens with zero attached hydrogens (tertiary/aromatic N) is 4. The second kappa shape index (κ2) is 10.9. The van der Waals surface area contributed by atoms with E-state index in [1.165, 1.54) is 18.3 Å². The zero-order valence-corrected chi connectivity index (χ0v) is 23.7. The number of aromatic nitrogens is 5. The van der Waals surface area contributed by atoms with Gasteiger partial charge in [-0.05, 0) is 60.2 Å². The van der Waals surface area contributed by atoms with Crippen molar-refractivity contribution in [3.05, 3.63) is 99.9 Å². The molecule has 3 N–H and O–H groups in total. The minimum Gasteiger partial charge on any atom is -0.478 e. The lowest BCUT2D eigenvalue weighted by Gasteiger charge is -2.23. The van der Waals surface area contributed by atoms with Crippen LogP contribution in [-0.2, 0) is 23.7 Å². The number of benzene rings is 2. The first kappa shape index (κ1) is 30.4. The standard InChI is InChI=1S/C31H21F7N6O3/c32-14-3-12(4-15(33)7-14)5-22(40-24(45)11-44-28-25(27(43-44)29(35)36)17-8-19(17)31(28,37)38)26-16(9-21-23(41-26)10-39-42-21)13-1-2-20(34)18(6-13)30(46)47/h1-4,6-7,9-10,17,19,22,29H,5,8,11H2,(H,39,42)(H,40,45)(H,46,47)/t17-,19+,22?/m0/s1. The molecule has 7 rings (SSSR count). The molecule has 1 saturated carbocycles. The zero-order valence-electron chi connectivity index (χ0n) is 23.7. The third kappa shape index (κ3) is 5.26. The summed E-state index contributed by atoms with van der Waals surface area (Å²) in [6.07, 6.45) is -2.11. The Labute approximate surface area is 259 Å². The summed E-state index contributed by atoms with van der Waals surface area (Å²) in [6.45, 7) is -0.902. The van der Waals surface area contributed by atoms with Gasteiger partial charge in [0.1, 0.15) is 40.9 Å². The molecule has 1 amide bonds. The number of rotatable bonds is 9. The summed E-state index contributed by atoms with van der Waals surface area (Å²) in [7, 11) is 0. The average Bonchev–Trinajstić information content (AvgIpc) is 3.41. The number of hydrogen-bond acceptors (Lipinski definition) is 5. The van der Waals surface area contributed by atoms with Crippen LogP contribution in [0.2, 0.25) is 0 Å². The van der Waals surface area contributed by atoms with E-state index < -0.39 is 83.0 Å². The first-order chi connectivity index (χ1) is 22.3. The number of hydrogen-bond donors (Lipinski definition) is 3. The van der Waals surface area contributed by atoms with Gasteiger partial charge in [0.05, 0.1) is 29.0 Å². The lowest BCUT2D eigenvalue weighted by atomic mass is 9.94. The van der Waals surface area contributed by atoms with E-state index in [9.17, 15) is 36.6 Å². The number of H-pyrrole nitrogens is 1. The van der Waals surface area contributed by atoms with Crippen molar-refractivity contribution in [1.29, 1.82) is 0 Å². The van der Waals surface area contributed by atoms with E-state index in [0.717, 1.165) is 24.3 Å². The predicted octanol–water partition coefficient (Wildman–Crippen LogP) is 6.18. The van der Waals surface area contributed by atoms with Crippen LogP contribution >= 0.6 is 0 Å². The Morgan fingerprint density at radius 1 is 1.06 bits per heavy atom. The molecule has 3 aromatic heterocycles. The number of carboxylic acids is 1. The van der Waals surface area contributed by atoms with Gasteiger partial charge in [-0.25, -0.2) is 31.7 Å². The first-order valence-electron chi connectivity index (χ1n) is 14.2. The van der Waals surface area contributed by atoms with Crippen LogP contribution < -0.4 is 5.32 Å². The van der Waals surface area contributed by atoms with Crippen molar-refractivity contribution < 1.29 is 45.4 Å². The molecule has 16 heteroatoms. The number of carbonyl (C=O) groups excluding carboxylic acids is 1. The molecule has 242 valence electrons. The lowest BCUT2D eigenvalue weighted by Crippen LogP contribution is -2.35. The van der Waals surface area contributed by atoms with Gasteiger partial charge in [0.25, 0.3) is 12.3 Å². The van der Waals surface area contributed by atoms with Gasteiger partial charge in [0, 0.05) is 23.1 Å². The van der Waals surface area contributed by atoms with Crippen LogP contribution in [0.3, 0.4) is 0 Å². The fourth-order valence-electron chi connectivity index (χ4n) is 6.38. The van der Waals surface area contributed by atoms with Crippen molar-refractivity contribution >= 4 is 22.9 Å². The van der Waals surface area contributed by atoms with Crippen LogP contribution in [0.5, 0.6) is 0 Å². The SMILES string of the molecule is O=C(Cn1nc(C(F)F)c2c1C(F)(F)[C@@H]1C[C@H]21)NC(Cc1cc(F)cc(F)c1)c1nc2cn[nH]c2cc1-c1ccc(F)c(C(=O)O)c1. The molecule has 3 heterocycles. The number of carboxylic acid groups (broad SMARTS) is 1. The minimum atomic E-state index is -3.48. The number of amides is 1. The number of fused-ring (bicyclic) bond motifs is 4. The summed E-state index contributed by atoms with van der Waals surface area (Å²) in [5.41, 5.74) is -1.50. The second-order valence-electron chi connectivity index (χ2n) is 11.5. The normalized spacial score (nSPS) is 18.3. The Morgan fingerprint density at radius 2 is 1.81 bits per heavy atom. The number of pyridine rings is 1. The molecule has 2 aliphatic rings. The Morgan fingerprint density at radius 3 is 2.51 bits per heavy atom. The maximum Gasteiger partial charge on any atom is 0.338 e. The zero-order chi connectivity index (χ0) is 33.4. The van der Waals surface area contributed by atoms with E-state index in [2.05, 4.69) is 25.6 Å². The van der Waals surface area contributed by atoms with Crippen molar-refractivity contribution in [2.24, 2.45) is 5.92 Å². The monoisotopic (exact) mass is 658 g/mol. The number of nitrogens with one attached hydrogen (secondary N) is 2. The quantitative estimate of drug-likeness (QED) is 0.163. The largest absolute Gasteiger partial charge is 0.478 e. The van der Waals surface area contributed by atoms with Gasteiger partial charge in [-0.1, -0.05) is 6.07 Å². The minimum absolute atomic E-state index is 0.0189. The number of carbonyl (C=O) groups is 2. The van der Waals surface area contributed by atoms with E-state index in [-0.39, 0.29) is 46.3 Å². The van der Waals surface area contributed by atoms with E-state index >= 15 is 8.78 Å². The van der Waals surface area contributed by atoms with Gasteiger partial charge in [-0.2, -0.15) is 19.0 Å². The summed E-state index contributed by atoms with van der Waals surface area (Å²) in [4.78, 5) is 29.8. The Kier molecular flexibility index (Phi) is 7.05. The Hall–Kier alpha value is -5.28. The van der Waals surface area contributed by atoms with Crippen molar-refractivity contribution in [2.75, 3.05) is 0 Å². The van der Waals surface area contributed by atoms with Gasteiger partial charge < -0.3 is 10.4 Å². The Balaban J connectivity index is 1.31. The summed E-state index contributed by atoms with van der Waals surface area (Å²) in [5.74, 6) is -10.8. The van der Waals surface area contributed by atoms with Crippen LogP contribution in [0.25, 0.3) is 22.2 Å². The van der Waals surface area contributed by atoms with Gasteiger partial charge in [0.2, 0.25) is 5.91 Å². The van der Waals surface area contributed by atoms with Crippen molar-refractivity contribution in [1.82, 2.24) is 30.3 Å². The molecule has 9 nitrogen and oxygen atoms in total. The van der Waals surface area contributed by atoms with Crippen molar-refractivity contribution in [3.8, 4) is 11.1 Å². The second-order valence-corrected chi connectivity index (χ2v) is 11.5. The van der Waals surface area contributed by atoms with Crippen LogP contribution in [0.1, 0.15) is 63.4 Å². The smallest absolute Gasteiger partial charge is 0.338 e. The molecule has 0 spiro atoms. The van der Waals surface area contributed by atoms with Gasteiger partial charge in [0.15, 0.2) is 0 Å². The Bertz CT molecular complexity index is 2080. The molecule has 1 fully saturated rings. The van der Waals surface area contributed by atoms with Crippen LogP contribution in [0.4, 0.5) is 30.7 Å². The highest BCUT2D eigenvalue weighted by atomic mass is 19.3. The molecule has 47 heavy (non-hydrogen) atoms. The van der Waals surface area contributed by atoms with Gasteiger partial charge >= 0.3 is 5.97 Å². The lowest BCUT2D eigenvalue weighted by molar-refractivity contribution is -0.123. The molecular formula is C31H21F7N6O3. The first-order valence-corrected chi connectivity index (χ1v) is 14.2. The van der Waals surface area contributed by atoms with Crippen molar-refractivity contribution in [2.45, 2.75) is 43.7 Å². The van der Waals surface area contributed by atoms with E-state index in [4.69, 9.17) is 0 Å².